The van der Waals surface area contributed by atoms with Crippen molar-refractivity contribution in [3.05, 3.63) is 17.4 Å². The predicted molar refractivity (Wildman–Crippen MR) is 86.3 cm³/mol. The molecular formula is C15H23ClN4O2. The second-order valence-corrected chi connectivity index (χ2v) is 6.97. The third kappa shape index (κ3) is 4.47. The zero-order valence-electron chi connectivity index (χ0n) is 13.5. The van der Waals surface area contributed by atoms with Gasteiger partial charge in [-0.05, 0) is 33.6 Å². The average Bonchev–Trinajstić information content (AvgIpc) is 2.46. The first-order valence-electron chi connectivity index (χ1n) is 7.44. The van der Waals surface area contributed by atoms with Gasteiger partial charge in [0.1, 0.15) is 5.60 Å². The van der Waals surface area contributed by atoms with Gasteiger partial charge in [0, 0.05) is 26.2 Å². The first kappa shape index (κ1) is 16.8. The maximum absolute atomic E-state index is 12.2. The molecule has 1 amide bonds. The number of likely N-dealkylation sites (tertiary alicyclic amines) is 1. The maximum Gasteiger partial charge on any atom is 0.410 e. The summed E-state index contributed by atoms with van der Waals surface area (Å²) in [5.74, 6) is 0.612. The average molecular weight is 327 g/mol. The Hall–Kier alpha value is -1.56. The number of ether oxygens (including phenoxy) is 1. The molecule has 6 nitrogen and oxygen atoms in total. The van der Waals surface area contributed by atoms with Gasteiger partial charge in [-0.1, -0.05) is 11.6 Å². The summed E-state index contributed by atoms with van der Waals surface area (Å²) in [6.07, 6.45) is 4.82. The van der Waals surface area contributed by atoms with Gasteiger partial charge < -0.3 is 14.5 Å². The minimum Gasteiger partial charge on any atom is -0.444 e. The van der Waals surface area contributed by atoms with Crippen molar-refractivity contribution in [3.8, 4) is 0 Å². The second-order valence-electron chi connectivity index (χ2n) is 6.53. The molecule has 1 aliphatic rings. The van der Waals surface area contributed by atoms with Crippen molar-refractivity contribution in [2.24, 2.45) is 0 Å². The SMILES string of the molecule is CN(c1ncc(Cl)cn1)[C@@H]1CCCN(C(=O)OC(C)(C)C)C1. The summed E-state index contributed by atoms with van der Waals surface area (Å²) < 4.78 is 5.45. The van der Waals surface area contributed by atoms with Gasteiger partial charge in [0.15, 0.2) is 0 Å². The number of piperidine rings is 1. The summed E-state index contributed by atoms with van der Waals surface area (Å²) >= 11 is 5.82. The Morgan fingerprint density at radius 3 is 2.64 bits per heavy atom. The van der Waals surface area contributed by atoms with Crippen molar-refractivity contribution in [1.82, 2.24) is 14.9 Å². The second kappa shape index (κ2) is 6.69. The first-order chi connectivity index (χ1) is 10.3. The van der Waals surface area contributed by atoms with Crippen LogP contribution in [0.25, 0.3) is 0 Å². The number of hydrogen-bond acceptors (Lipinski definition) is 5. The Kier molecular flexibility index (Phi) is 5.11. The first-order valence-corrected chi connectivity index (χ1v) is 7.82. The summed E-state index contributed by atoms with van der Waals surface area (Å²) in [5, 5.41) is 0.510. The molecule has 0 bridgehead atoms. The Morgan fingerprint density at radius 2 is 2.05 bits per heavy atom. The summed E-state index contributed by atoms with van der Waals surface area (Å²) in [5.41, 5.74) is -0.477. The number of nitrogens with zero attached hydrogens (tertiary/aromatic N) is 4. The van der Waals surface area contributed by atoms with Gasteiger partial charge in [0.2, 0.25) is 5.95 Å². The number of halogens is 1. The van der Waals surface area contributed by atoms with Crippen molar-refractivity contribution in [2.45, 2.75) is 45.3 Å². The summed E-state index contributed by atoms with van der Waals surface area (Å²) in [7, 11) is 1.94. The van der Waals surface area contributed by atoms with Crippen molar-refractivity contribution >= 4 is 23.6 Å². The standard InChI is InChI=1S/C15H23ClN4O2/c1-15(2,3)22-14(21)20-7-5-6-12(10-20)19(4)13-17-8-11(16)9-18-13/h8-9,12H,5-7,10H2,1-4H3/t12-/m1/s1. The molecule has 22 heavy (non-hydrogen) atoms. The molecule has 0 unspecified atom stereocenters. The number of hydrogen-bond donors (Lipinski definition) is 0. The molecule has 2 rings (SSSR count). The lowest BCUT2D eigenvalue weighted by Gasteiger charge is -2.38. The van der Waals surface area contributed by atoms with E-state index in [0.717, 1.165) is 19.4 Å². The summed E-state index contributed by atoms with van der Waals surface area (Å²) in [4.78, 5) is 24.4. The van der Waals surface area contributed by atoms with Gasteiger partial charge in [-0.2, -0.15) is 0 Å². The minimum absolute atomic E-state index is 0.169. The highest BCUT2D eigenvalue weighted by Gasteiger charge is 2.30. The van der Waals surface area contributed by atoms with Crippen LogP contribution < -0.4 is 4.90 Å². The van der Waals surface area contributed by atoms with Crippen LogP contribution in [0.3, 0.4) is 0 Å². The molecule has 0 aromatic carbocycles. The van der Waals surface area contributed by atoms with Crippen LogP contribution in [-0.2, 0) is 4.74 Å². The summed E-state index contributed by atoms with van der Waals surface area (Å²) in [6.45, 7) is 6.96. The van der Waals surface area contributed by atoms with E-state index >= 15 is 0 Å². The number of rotatable bonds is 2. The lowest BCUT2D eigenvalue weighted by molar-refractivity contribution is 0.0199. The van der Waals surface area contributed by atoms with Crippen LogP contribution in [0.15, 0.2) is 12.4 Å². The molecule has 0 N–H and O–H groups in total. The number of anilines is 1. The van der Waals surface area contributed by atoms with E-state index in [4.69, 9.17) is 16.3 Å². The van der Waals surface area contributed by atoms with Crippen molar-refractivity contribution in [2.75, 3.05) is 25.0 Å². The van der Waals surface area contributed by atoms with E-state index in [1.54, 1.807) is 17.3 Å². The molecule has 1 saturated heterocycles. The van der Waals surface area contributed by atoms with Gasteiger partial charge in [-0.3, -0.25) is 0 Å². The van der Waals surface area contributed by atoms with Crippen LogP contribution in [0.5, 0.6) is 0 Å². The van der Waals surface area contributed by atoms with Gasteiger partial charge in [0.05, 0.1) is 17.4 Å². The predicted octanol–water partition coefficient (Wildman–Crippen LogP) is 2.97. The van der Waals surface area contributed by atoms with E-state index in [1.807, 2.05) is 32.7 Å². The van der Waals surface area contributed by atoms with E-state index in [9.17, 15) is 4.79 Å². The fraction of sp³-hybridized carbons (Fsp3) is 0.667. The Morgan fingerprint density at radius 1 is 1.41 bits per heavy atom. The topological polar surface area (TPSA) is 58.6 Å². The molecule has 122 valence electrons. The zero-order valence-corrected chi connectivity index (χ0v) is 14.3. The largest absolute Gasteiger partial charge is 0.444 e. The van der Waals surface area contributed by atoms with E-state index < -0.39 is 5.60 Å². The minimum atomic E-state index is -0.477. The lowest BCUT2D eigenvalue weighted by atomic mass is 10.1. The number of amides is 1. The van der Waals surface area contributed by atoms with Crippen LogP contribution in [0, 0.1) is 0 Å². The van der Waals surface area contributed by atoms with Gasteiger partial charge in [0.25, 0.3) is 0 Å². The number of likely N-dealkylation sites (N-methyl/N-ethyl adjacent to an activating group) is 1. The Labute approximate surface area is 136 Å². The highest BCUT2D eigenvalue weighted by atomic mass is 35.5. The van der Waals surface area contributed by atoms with Crippen LogP contribution in [0.4, 0.5) is 10.7 Å². The highest BCUT2D eigenvalue weighted by molar-refractivity contribution is 6.30. The smallest absolute Gasteiger partial charge is 0.410 e. The Balaban J connectivity index is 2.00. The van der Waals surface area contributed by atoms with Gasteiger partial charge >= 0.3 is 6.09 Å². The molecule has 1 atom stereocenters. The molecule has 0 radical (unpaired) electrons. The van der Waals surface area contributed by atoms with Crippen LogP contribution in [0.2, 0.25) is 5.02 Å². The normalized spacial score (nSPS) is 19.0. The van der Waals surface area contributed by atoms with Crippen LogP contribution in [0.1, 0.15) is 33.6 Å². The molecule has 7 heteroatoms. The maximum atomic E-state index is 12.2. The molecule has 1 aromatic heterocycles. The molecule has 1 aromatic rings. The van der Waals surface area contributed by atoms with Crippen molar-refractivity contribution in [3.63, 3.8) is 0 Å². The van der Waals surface area contributed by atoms with E-state index in [-0.39, 0.29) is 12.1 Å². The number of carbonyl (C=O) groups is 1. The fourth-order valence-electron chi connectivity index (χ4n) is 2.41. The van der Waals surface area contributed by atoms with Gasteiger partial charge in [-0.15, -0.1) is 0 Å². The molecule has 0 saturated carbocycles. The van der Waals surface area contributed by atoms with Crippen LogP contribution in [-0.4, -0.2) is 52.7 Å². The van der Waals surface area contributed by atoms with Crippen molar-refractivity contribution < 1.29 is 9.53 Å². The highest BCUT2D eigenvalue weighted by Crippen LogP contribution is 2.21. The van der Waals surface area contributed by atoms with E-state index in [2.05, 4.69) is 9.97 Å². The molecule has 0 aliphatic carbocycles. The monoisotopic (exact) mass is 326 g/mol. The third-order valence-electron chi connectivity index (χ3n) is 3.52. The van der Waals surface area contributed by atoms with E-state index in [0.29, 0.717) is 17.5 Å². The van der Waals surface area contributed by atoms with Crippen LogP contribution >= 0.6 is 11.6 Å². The van der Waals surface area contributed by atoms with Crippen molar-refractivity contribution in [1.29, 1.82) is 0 Å². The van der Waals surface area contributed by atoms with Gasteiger partial charge in [-0.25, -0.2) is 14.8 Å². The molecule has 1 fully saturated rings. The van der Waals surface area contributed by atoms with E-state index in [1.165, 1.54) is 0 Å². The number of aromatic nitrogens is 2. The Bertz CT molecular complexity index is 515. The summed E-state index contributed by atoms with van der Waals surface area (Å²) in [6, 6.07) is 0.169. The molecular weight excluding hydrogens is 304 g/mol. The molecule has 1 aliphatic heterocycles. The quantitative estimate of drug-likeness (QED) is 0.836. The molecule has 2 heterocycles. The fourth-order valence-corrected chi connectivity index (χ4v) is 2.51. The number of carbonyl (C=O) groups excluding carboxylic acids is 1. The third-order valence-corrected chi connectivity index (χ3v) is 3.71. The zero-order chi connectivity index (χ0) is 16.3. The lowest BCUT2D eigenvalue weighted by Crippen LogP contribution is -2.50. The molecule has 0 spiro atoms.